The molecule has 0 amide bonds. The highest BCUT2D eigenvalue weighted by Crippen LogP contribution is 2.31. The summed E-state index contributed by atoms with van der Waals surface area (Å²) >= 11 is 15.5. The molecule has 0 aliphatic heterocycles. The zero-order valence-electron chi connectivity index (χ0n) is 9.34. The van der Waals surface area contributed by atoms with Crippen LogP contribution in [-0.4, -0.2) is 0 Å². The molecule has 18 heavy (non-hydrogen) atoms. The molecule has 0 aliphatic carbocycles. The van der Waals surface area contributed by atoms with Crippen LogP contribution in [0, 0.1) is 5.82 Å². The second-order valence-corrected chi connectivity index (χ2v) is 5.78. The summed E-state index contributed by atoms with van der Waals surface area (Å²) < 4.78 is 14.0. The van der Waals surface area contributed by atoms with Crippen molar-refractivity contribution in [1.82, 2.24) is 0 Å². The van der Waals surface area contributed by atoms with Crippen molar-refractivity contribution in [3.8, 4) is 0 Å². The van der Waals surface area contributed by atoms with Crippen molar-refractivity contribution in [2.45, 2.75) is 11.8 Å². The average Bonchev–Trinajstić information content (AvgIpc) is 2.35. The Hall–Kier alpha value is -0.570. The number of alkyl halides is 1. The summed E-state index contributed by atoms with van der Waals surface area (Å²) in [4.78, 5) is 0. The van der Waals surface area contributed by atoms with Crippen LogP contribution in [0.4, 0.5) is 4.39 Å². The van der Waals surface area contributed by atoms with E-state index in [0.717, 1.165) is 15.6 Å². The maximum Gasteiger partial charge on any atom is 0.123 e. The fraction of sp³-hybridized carbons (Fsp3) is 0.143. The van der Waals surface area contributed by atoms with E-state index < -0.39 is 0 Å². The first-order chi connectivity index (χ1) is 8.56. The molecular weight excluding hydrogens is 338 g/mol. The molecule has 94 valence electrons. The second kappa shape index (κ2) is 6.05. The van der Waals surface area contributed by atoms with Gasteiger partial charge < -0.3 is 0 Å². The van der Waals surface area contributed by atoms with Gasteiger partial charge in [-0.1, -0.05) is 39.7 Å². The lowest BCUT2D eigenvalue weighted by Gasteiger charge is -2.12. The highest BCUT2D eigenvalue weighted by atomic mass is 79.9. The van der Waals surface area contributed by atoms with Gasteiger partial charge in [0.25, 0.3) is 0 Å². The van der Waals surface area contributed by atoms with E-state index in [9.17, 15) is 4.39 Å². The highest BCUT2D eigenvalue weighted by molar-refractivity contribution is 9.10. The lowest BCUT2D eigenvalue weighted by molar-refractivity contribution is 0.624. The predicted molar refractivity (Wildman–Crippen MR) is 77.9 cm³/mol. The zero-order valence-corrected chi connectivity index (χ0v) is 12.4. The summed E-state index contributed by atoms with van der Waals surface area (Å²) in [6, 6.07) is 12.0. The minimum Gasteiger partial charge on any atom is -0.207 e. The van der Waals surface area contributed by atoms with Crippen molar-refractivity contribution in [3.05, 3.63) is 68.9 Å². The molecule has 0 spiro atoms. The standard InChI is InChI=1S/C14H10BrCl2F/c15-13-6-5-11(18)8-12(13)14(17)7-9-1-3-10(16)4-2-9/h1-6,8,14H,7H2. The Balaban J connectivity index is 2.18. The van der Waals surface area contributed by atoms with Gasteiger partial charge in [0, 0.05) is 9.50 Å². The molecule has 0 aromatic heterocycles. The van der Waals surface area contributed by atoms with E-state index in [-0.39, 0.29) is 11.2 Å². The van der Waals surface area contributed by atoms with Crippen LogP contribution in [-0.2, 0) is 6.42 Å². The van der Waals surface area contributed by atoms with Crippen LogP contribution in [0.1, 0.15) is 16.5 Å². The van der Waals surface area contributed by atoms with Crippen LogP contribution in [0.5, 0.6) is 0 Å². The molecule has 0 saturated carbocycles. The molecule has 0 radical (unpaired) electrons. The predicted octanol–water partition coefficient (Wildman–Crippen LogP) is 5.76. The van der Waals surface area contributed by atoms with Gasteiger partial charge in [-0.15, -0.1) is 11.6 Å². The lowest BCUT2D eigenvalue weighted by Crippen LogP contribution is -1.97. The quantitative estimate of drug-likeness (QED) is 0.619. The second-order valence-electron chi connectivity index (χ2n) is 3.96. The number of rotatable bonds is 3. The van der Waals surface area contributed by atoms with Crippen molar-refractivity contribution in [2.24, 2.45) is 0 Å². The summed E-state index contributed by atoms with van der Waals surface area (Å²) in [5.41, 5.74) is 1.82. The van der Waals surface area contributed by atoms with E-state index in [0.29, 0.717) is 11.4 Å². The third kappa shape index (κ3) is 3.47. The summed E-state index contributed by atoms with van der Waals surface area (Å²) in [5.74, 6) is -0.282. The van der Waals surface area contributed by atoms with Crippen LogP contribution in [0.2, 0.25) is 5.02 Å². The fourth-order valence-electron chi connectivity index (χ4n) is 1.69. The first-order valence-corrected chi connectivity index (χ1v) is 7.00. The van der Waals surface area contributed by atoms with Crippen molar-refractivity contribution in [3.63, 3.8) is 0 Å². The van der Waals surface area contributed by atoms with E-state index >= 15 is 0 Å². The van der Waals surface area contributed by atoms with Crippen molar-refractivity contribution >= 4 is 39.1 Å². The minimum atomic E-state index is -0.282. The molecule has 0 nitrogen and oxygen atoms in total. The van der Waals surface area contributed by atoms with Gasteiger partial charge in [0.05, 0.1) is 5.38 Å². The molecule has 0 fully saturated rings. The third-order valence-corrected chi connectivity index (χ3v) is 3.99. The number of hydrogen-bond acceptors (Lipinski definition) is 0. The van der Waals surface area contributed by atoms with Gasteiger partial charge >= 0.3 is 0 Å². The molecule has 2 aromatic rings. The third-order valence-electron chi connectivity index (χ3n) is 2.62. The topological polar surface area (TPSA) is 0 Å². The van der Waals surface area contributed by atoms with Crippen LogP contribution in [0.15, 0.2) is 46.9 Å². The number of halogens is 4. The number of benzene rings is 2. The van der Waals surface area contributed by atoms with Gasteiger partial charge in [-0.2, -0.15) is 0 Å². The molecule has 1 unspecified atom stereocenters. The maximum atomic E-state index is 13.2. The van der Waals surface area contributed by atoms with Gasteiger partial charge in [0.15, 0.2) is 0 Å². The Labute approximate surface area is 124 Å². The monoisotopic (exact) mass is 346 g/mol. The molecule has 0 N–H and O–H groups in total. The SMILES string of the molecule is Fc1ccc(Br)c(C(Cl)Cc2ccc(Cl)cc2)c1. The summed E-state index contributed by atoms with van der Waals surface area (Å²) in [5, 5.41) is 0.410. The van der Waals surface area contributed by atoms with Gasteiger partial charge in [-0.3, -0.25) is 0 Å². The molecule has 2 aromatic carbocycles. The van der Waals surface area contributed by atoms with Gasteiger partial charge in [-0.25, -0.2) is 4.39 Å². The maximum absolute atomic E-state index is 13.2. The van der Waals surface area contributed by atoms with E-state index in [1.54, 1.807) is 6.07 Å². The fourth-order valence-corrected chi connectivity index (χ4v) is 2.83. The van der Waals surface area contributed by atoms with Gasteiger partial charge in [0.2, 0.25) is 0 Å². The summed E-state index contributed by atoms with van der Waals surface area (Å²) in [6.45, 7) is 0. The Bertz CT molecular complexity index is 540. The Morgan fingerprint density at radius 3 is 2.44 bits per heavy atom. The lowest BCUT2D eigenvalue weighted by atomic mass is 10.0. The molecule has 0 saturated heterocycles. The van der Waals surface area contributed by atoms with Crippen molar-refractivity contribution in [1.29, 1.82) is 0 Å². The van der Waals surface area contributed by atoms with Crippen molar-refractivity contribution < 1.29 is 4.39 Å². The average molecular weight is 348 g/mol. The Morgan fingerprint density at radius 1 is 1.11 bits per heavy atom. The highest BCUT2D eigenvalue weighted by Gasteiger charge is 2.13. The van der Waals surface area contributed by atoms with Gasteiger partial charge in [0.1, 0.15) is 5.82 Å². The van der Waals surface area contributed by atoms with Gasteiger partial charge in [-0.05, 0) is 47.9 Å². The minimum absolute atomic E-state index is 0.281. The smallest absolute Gasteiger partial charge is 0.123 e. The molecule has 1 atom stereocenters. The Kier molecular flexibility index (Phi) is 4.66. The molecule has 0 bridgehead atoms. The van der Waals surface area contributed by atoms with Crippen LogP contribution >= 0.6 is 39.1 Å². The van der Waals surface area contributed by atoms with E-state index in [1.807, 2.05) is 24.3 Å². The van der Waals surface area contributed by atoms with Crippen LogP contribution < -0.4 is 0 Å². The van der Waals surface area contributed by atoms with Crippen molar-refractivity contribution in [2.75, 3.05) is 0 Å². The molecular formula is C14H10BrCl2F. The first kappa shape index (κ1) is 13.9. The van der Waals surface area contributed by atoms with E-state index in [4.69, 9.17) is 23.2 Å². The molecule has 0 heterocycles. The summed E-state index contributed by atoms with van der Waals surface area (Å²) in [7, 11) is 0. The zero-order chi connectivity index (χ0) is 13.1. The Morgan fingerprint density at radius 2 is 1.78 bits per heavy atom. The largest absolute Gasteiger partial charge is 0.207 e. The summed E-state index contributed by atoms with van der Waals surface area (Å²) in [6.07, 6.45) is 0.626. The van der Waals surface area contributed by atoms with E-state index in [1.165, 1.54) is 12.1 Å². The molecule has 2 rings (SSSR count). The van der Waals surface area contributed by atoms with E-state index in [2.05, 4.69) is 15.9 Å². The first-order valence-electron chi connectivity index (χ1n) is 5.40. The van der Waals surface area contributed by atoms with Crippen LogP contribution in [0.25, 0.3) is 0 Å². The molecule has 4 heteroatoms. The molecule has 0 aliphatic rings. The normalized spacial score (nSPS) is 12.4. The van der Waals surface area contributed by atoms with Crippen LogP contribution in [0.3, 0.4) is 0 Å². The number of hydrogen-bond donors (Lipinski definition) is 0.